The first-order valence-electron chi connectivity index (χ1n) is 8.00. The molecule has 0 saturated heterocycles. The van der Waals surface area contributed by atoms with Crippen LogP contribution in [-0.2, 0) is 9.53 Å². The highest BCUT2D eigenvalue weighted by molar-refractivity contribution is 6.33. The molecule has 0 heterocycles. The van der Waals surface area contributed by atoms with Gasteiger partial charge in [0.2, 0.25) is 0 Å². The summed E-state index contributed by atoms with van der Waals surface area (Å²) in [6, 6.07) is 13.6. The van der Waals surface area contributed by atoms with Crippen molar-refractivity contribution < 1.29 is 19.1 Å². The molecule has 1 N–H and O–H groups in total. The molecular formula is C19H20ClNO4. The second-order valence-electron chi connectivity index (χ2n) is 5.39. The van der Waals surface area contributed by atoms with Crippen LogP contribution in [0.5, 0.6) is 5.75 Å². The summed E-state index contributed by atoms with van der Waals surface area (Å²) in [5.74, 6) is -0.236. The van der Waals surface area contributed by atoms with Gasteiger partial charge in [0.1, 0.15) is 5.75 Å². The average Bonchev–Trinajstić information content (AvgIpc) is 2.62. The fraction of sp³-hybridized carbons (Fsp3) is 0.263. The zero-order chi connectivity index (χ0) is 18.2. The van der Waals surface area contributed by atoms with E-state index in [2.05, 4.69) is 5.32 Å². The number of benzene rings is 2. The van der Waals surface area contributed by atoms with E-state index in [9.17, 15) is 9.59 Å². The quantitative estimate of drug-likeness (QED) is 0.746. The third-order valence-electron chi connectivity index (χ3n) is 3.32. The summed E-state index contributed by atoms with van der Waals surface area (Å²) in [5.41, 5.74) is 0.658. The van der Waals surface area contributed by atoms with Crippen molar-refractivity contribution in [3.8, 4) is 5.75 Å². The van der Waals surface area contributed by atoms with Crippen LogP contribution in [0.2, 0.25) is 5.02 Å². The molecule has 0 spiro atoms. The van der Waals surface area contributed by atoms with Crippen LogP contribution in [0.25, 0.3) is 0 Å². The number of hydrogen-bond donors (Lipinski definition) is 1. The summed E-state index contributed by atoms with van der Waals surface area (Å²) in [6.45, 7) is 3.88. The van der Waals surface area contributed by atoms with E-state index in [1.54, 1.807) is 31.2 Å². The van der Waals surface area contributed by atoms with Crippen molar-refractivity contribution in [1.82, 2.24) is 0 Å². The van der Waals surface area contributed by atoms with Gasteiger partial charge in [-0.25, -0.2) is 4.79 Å². The maximum atomic E-state index is 12.3. The molecule has 0 fully saturated rings. The lowest BCUT2D eigenvalue weighted by atomic mass is 10.2. The van der Waals surface area contributed by atoms with Crippen molar-refractivity contribution >= 4 is 29.2 Å². The first kappa shape index (κ1) is 18.8. The summed E-state index contributed by atoms with van der Waals surface area (Å²) >= 11 is 6.11. The number of esters is 1. The Kier molecular flexibility index (Phi) is 6.83. The van der Waals surface area contributed by atoms with Gasteiger partial charge in [0.05, 0.1) is 22.9 Å². The number of nitrogens with one attached hydrogen (secondary N) is 1. The van der Waals surface area contributed by atoms with E-state index in [0.29, 0.717) is 28.6 Å². The van der Waals surface area contributed by atoms with Gasteiger partial charge >= 0.3 is 5.97 Å². The van der Waals surface area contributed by atoms with Crippen LogP contribution in [-0.4, -0.2) is 24.6 Å². The molecule has 0 aliphatic rings. The minimum atomic E-state index is -0.728. The third kappa shape index (κ3) is 5.50. The predicted octanol–water partition coefficient (Wildman–Crippen LogP) is 4.31. The molecule has 0 bridgehead atoms. The lowest BCUT2D eigenvalue weighted by molar-refractivity contribution is -0.122. The van der Waals surface area contributed by atoms with E-state index in [4.69, 9.17) is 21.1 Å². The number of ether oxygens (including phenoxy) is 2. The Labute approximate surface area is 151 Å². The largest absolute Gasteiger partial charge is 0.481 e. The number of hydrogen-bond acceptors (Lipinski definition) is 4. The zero-order valence-electron chi connectivity index (χ0n) is 14.1. The van der Waals surface area contributed by atoms with Gasteiger partial charge in [-0.1, -0.05) is 36.7 Å². The van der Waals surface area contributed by atoms with Gasteiger partial charge in [0.15, 0.2) is 6.10 Å². The van der Waals surface area contributed by atoms with Crippen molar-refractivity contribution in [1.29, 1.82) is 0 Å². The number of anilines is 1. The van der Waals surface area contributed by atoms with Crippen molar-refractivity contribution in [2.75, 3.05) is 11.9 Å². The molecule has 5 nitrogen and oxygen atoms in total. The molecule has 1 amide bonds. The fourth-order valence-electron chi connectivity index (χ4n) is 2.02. The molecular weight excluding hydrogens is 342 g/mol. The monoisotopic (exact) mass is 361 g/mol. The van der Waals surface area contributed by atoms with Gasteiger partial charge < -0.3 is 14.8 Å². The molecule has 132 valence electrons. The van der Waals surface area contributed by atoms with Crippen LogP contribution in [0.4, 0.5) is 5.69 Å². The normalized spacial score (nSPS) is 11.5. The number of rotatable bonds is 7. The van der Waals surface area contributed by atoms with Gasteiger partial charge in [0.25, 0.3) is 5.91 Å². The van der Waals surface area contributed by atoms with Crippen molar-refractivity contribution in [3.63, 3.8) is 0 Å². The second-order valence-corrected chi connectivity index (χ2v) is 5.80. The molecule has 2 aromatic carbocycles. The van der Waals surface area contributed by atoms with E-state index in [1.807, 2.05) is 25.1 Å². The lowest BCUT2D eigenvalue weighted by Crippen LogP contribution is -2.30. The molecule has 25 heavy (non-hydrogen) atoms. The first-order chi connectivity index (χ1) is 12.0. The number of amides is 1. The number of carbonyl (C=O) groups excluding carboxylic acids is 2. The molecule has 0 unspecified atom stereocenters. The Morgan fingerprint density at radius 1 is 1.16 bits per heavy atom. The van der Waals surface area contributed by atoms with Crippen molar-refractivity contribution in [2.24, 2.45) is 0 Å². The SMILES string of the molecule is CCCOC(=O)c1ccc(Cl)c(NC(=O)[C@@H](C)Oc2ccccc2)c1. The molecule has 0 aliphatic heterocycles. The Hall–Kier alpha value is -2.53. The standard InChI is InChI=1S/C19H20ClNO4/c1-3-11-24-19(23)14-9-10-16(20)17(12-14)21-18(22)13(2)25-15-7-5-4-6-8-15/h4-10,12-13H,3,11H2,1-2H3,(H,21,22)/t13-/m1/s1. The van der Waals surface area contributed by atoms with Crippen LogP contribution in [0, 0.1) is 0 Å². The Morgan fingerprint density at radius 2 is 1.88 bits per heavy atom. The van der Waals surface area contributed by atoms with Gasteiger partial charge in [-0.05, 0) is 43.7 Å². The smallest absolute Gasteiger partial charge is 0.338 e. The second kappa shape index (κ2) is 9.08. The fourth-order valence-corrected chi connectivity index (χ4v) is 2.18. The molecule has 0 radical (unpaired) electrons. The Morgan fingerprint density at radius 3 is 2.56 bits per heavy atom. The van der Waals surface area contributed by atoms with Crippen LogP contribution < -0.4 is 10.1 Å². The third-order valence-corrected chi connectivity index (χ3v) is 3.65. The van der Waals surface area contributed by atoms with E-state index < -0.39 is 12.1 Å². The van der Waals surface area contributed by atoms with E-state index in [1.165, 1.54) is 6.07 Å². The van der Waals surface area contributed by atoms with Crippen LogP contribution in [0.3, 0.4) is 0 Å². The molecule has 2 rings (SSSR count). The van der Waals surface area contributed by atoms with Crippen LogP contribution in [0.1, 0.15) is 30.6 Å². The van der Waals surface area contributed by atoms with E-state index in [0.717, 1.165) is 6.42 Å². The van der Waals surface area contributed by atoms with Gasteiger partial charge in [0, 0.05) is 0 Å². The minimum Gasteiger partial charge on any atom is -0.481 e. The molecule has 0 aliphatic carbocycles. The Bertz CT molecular complexity index is 733. The summed E-state index contributed by atoms with van der Waals surface area (Å²) in [7, 11) is 0. The maximum absolute atomic E-state index is 12.3. The molecule has 2 aromatic rings. The molecule has 0 saturated carbocycles. The zero-order valence-corrected chi connectivity index (χ0v) is 14.9. The Balaban J connectivity index is 2.05. The number of carbonyl (C=O) groups is 2. The van der Waals surface area contributed by atoms with Crippen molar-refractivity contribution in [3.05, 3.63) is 59.1 Å². The number of para-hydroxylation sites is 1. The highest BCUT2D eigenvalue weighted by Gasteiger charge is 2.17. The highest BCUT2D eigenvalue weighted by atomic mass is 35.5. The van der Waals surface area contributed by atoms with E-state index >= 15 is 0 Å². The maximum Gasteiger partial charge on any atom is 0.338 e. The summed E-state index contributed by atoms with van der Waals surface area (Å²) < 4.78 is 10.7. The van der Waals surface area contributed by atoms with Crippen molar-refractivity contribution in [2.45, 2.75) is 26.4 Å². The lowest BCUT2D eigenvalue weighted by Gasteiger charge is -2.15. The van der Waals surface area contributed by atoms with Crippen LogP contribution >= 0.6 is 11.6 Å². The summed E-state index contributed by atoms with van der Waals surface area (Å²) in [5, 5.41) is 3.00. The molecule has 1 atom stereocenters. The van der Waals surface area contributed by atoms with Gasteiger partial charge in [-0.15, -0.1) is 0 Å². The summed E-state index contributed by atoms with van der Waals surface area (Å²) in [6.07, 6.45) is 0.00577. The van der Waals surface area contributed by atoms with Gasteiger partial charge in [-0.3, -0.25) is 4.79 Å². The topological polar surface area (TPSA) is 64.6 Å². The average molecular weight is 362 g/mol. The summed E-state index contributed by atoms with van der Waals surface area (Å²) in [4.78, 5) is 24.2. The van der Waals surface area contributed by atoms with Crippen LogP contribution in [0.15, 0.2) is 48.5 Å². The van der Waals surface area contributed by atoms with E-state index in [-0.39, 0.29) is 5.91 Å². The molecule has 6 heteroatoms. The highest BCUT2D eigenvalue weighted by Crippen LogP contribution is 2.24. The molecule has 0 aromatic heterocycles. The number of halogens is 1. The minimum absolute atomic E-state index is 0.324. The predicted molar refractivity (Wildman–Crippen MR) is 97.2 cm³/mol. The van der Waals surface area contributed by atoms with Gasteiger partial charge in [-0.2, -0.15) is 0 Å². The first-order valence-corrected chi connectivity index (χ1v) is 8.38.